The van der Waals surface area contributed by atoms with Crippen LogP contribution >= 0.6 is 23.4 Å². The van der Waals surface area contributed by atoms with Crippen molar-refractivity contribution in [3.8, 4) is 0 Å². The molecule has 2 bridgehead atoms. The van der Waals surface area contributed by atoms with Crippen LogP contribution in [0.25, 0.3) is 10.9 Å². The summed E-state index contributed by atoms with van der Waals surface area (Å²) < 4.78 is 21.0. The number of hydrogen-bond acceptors (Lipinski definition) is 7. The summed E-state index contributed by atoms with van der Waals surface area (Å²) in [4.78, 5) is 31.3. The van der Waals surface area contributed by atoms with Crippen molar-refractivity contribution in [1.29, 1.82) is 0 Å². The van der Waals surface area contributed by atoms with Crippen molar-refractivity contribution < 1.29 is 13.9 Å². The molecule has 34 heavy (non-hydrogen) atoms. The summed E-state index contributed by atoms with van der Waals surface area (Å²) in [5.41, 5.74) is 0.450. The van der Waals surface area contributed by atoms with Crippen molar-refractivity contribution in [3.63, 3.8) is 0 Å². The van der Waals surface area contributed by atoms with E-state index in [1.807, 2.05) is 32.6 Å². The Morgan fingerprint density at radius 3 is 2.62 bits per heavy atom. The summed E-state index contributed by atoms with van der Waals surface area (Å²) in [7, 11) is 0. The first-order valence-electron chi connectivity index (χ1n) is 12.1. The van der Waals surface area contributed by atoms with E-state index in [-0.39, 0.29) is 40.8 Å². The van der Waals surface area contributed by atoms with Crippen LogP contribution in [0.15, 0.2) is 5.16 Å². The quantitative estimate of drug-likeness (QED) is 0.289. The fourth-order valence-electron chi connectivity index (χ4n) is 5.68. The topological polar surface area (TPSA) is 71.5 Å². The van der Waals surface area contributed by atoms with E-state index in [9.17, 15) is 4.79 Å². The van der Waals surface area contributed by atoms with Gasteiger partial charge in [0.25, 0.3) is 0 Å². The van der Waals surface area contributed by atoms with Crippen molar-refractivity contribution in [2.75, 3.05) is 17.2 Å². The minimum atomic E-state index is -0.596. The molecule has 2 saturated heterocycles. The summed E-state index contributed by atoms with van der Waals surface area (Å²) in [6.45, 7) is 10.4. The van der Waals surface area contributed by atoms with Crippen molar-refractivity contribution >= 4 is 46.2 Å². The van der Waals surface area contributed by atoms with E-state index in [0.717, 1.165) is 42.9 Å². The van der Waals surface area contributed by atoms with Gasteiger partial charge in [0.15, 0.2) is 16.1 Å². The molecule has 0 N–H and O–H groups in total. The zero-order valence-electron chi connectivity index (χ0n) is 20.3. The standard InChI is InChI=1S/C24H31ClFN5O2S/c1-6-34-22-28-19-16-18(27-20(25)17(19)26)12(2)7-9-14-15-10-8-13(11-30(14)21(16)29-22)31(15)23(32)33-24(3,4)5/h12-15H,6-11H2,1-5H3/t12-,13+,14+,15-/m0/s1. The van der Waals surface area contributed by atoms with Crippen molar-refractivity contribution in [2.45, 2.75) is 95.1 Å². The van der Waals surface area contributed by atoms with Gasteiger partial charge in [0.2, 0.25) is 0 Å². The van der Waals surface area contributed by atoms with E-state index in [4.69, 9.17) is 21.3 Å². The number of aromatic nitrogens is 3. The summed E-state index contributed by atoms with van der Waals surface area (Å²) in [6.07, 6.45) is 3.31. The number of ether oxygens (including phenoxy) is 1. The molecular formula is C24H31ClFN5O2S. The second-order valence-corrected chi connectivity index (χ2v) is 12.1. The number of anilines is 1. The van der Waals surface area contributed by atoms with Crippen molar-refractivity contribution in [3.05, 3.63) is 16.7 Å². The van der Waals surface area contributed by atoms with Gasteiger partial charge in [-0.15, -0.1) is 0 Å². The summed E-state index contributed by atoms with van der Waals surface area (Å²) in [5, 5.41) is 1.05. The van der Waals surface area contributed by atoms with Gasteiger partial charge in [-0.1, -0.05) is 37.2 Å². The minimum absolute atomic E-state index is 0.0220. The molecule has 2 fully saturated rings. The van der Waals surface area contributed by atoms with Gasteiger partial charge in [-0.25, -0.2) is 24.1 Å². The van der Waals surface area contributed by atoms with Crippen LogP contribution in [0.4, 0.5) is 15.0 Å². The zero-order chi connectivity index (χ0) is 24.4. The number of carbonyl (C=O) groups excluding carboxylic acids is 1. The third-order valence-corrected chi connectivity index (χ3v) is 8.02. The Labute approximate surface area is 208 Å². The molecule has 7 nitrogen and oxygen atoms in total. The molecule has 3 aliphatic heterocycles. The van der Waals surface area contributed by atoms with Crippen molar-refractivity contribution in [1.82, 2.24) is 19.9 Å². The first kappa shape index (κ1) is 23.9. The minimum Gasteiger partial charge on any atom is -0.444 e. The number of fused-ring (bicyclic) bond motifs is 5. The molecule has 0 aromatic carbocycles. The van der Waals surface area contributed by atoms with E-state index in [1.54, 1.807) is 0 Å². The zero-order valence-corrected chi connectivity index (χ0v) is 21.8. The molecule has 0 saturated carbocycles. The van der Waals surface area contributed by atoms with Crippen LogP contribution in [0.2, 0.25) is 5.15 Å². The average Bonchev–Trinajstić information content (AvgIpc) is 3.08. The highest BCUT2D eigenvalue weighted by molar-refractivity contribution is 7.99. The molecule has 0 unspecified atom stereocenters. The predicted molar refractivity (Wildman–Crippen MR) is 132 cm³/mol. The average molecular weight is 508 g/mol. The van der Waals surface area contributed by atoms with Gasteiger partial charge in [0.1, 0.15) is 16.9 Å². The molecule has 10 heteroatoms. The fraction of sp³-hybridized carbons (Fsp3) is 0.667. The van der Waals surface area contributed by atoms with E-state index in [2.05, 4.69) is 21.8 Å². The normalized spacial score (nSPS) is 26.3. The lowest BCUT2D eigenvalue weighted by atomic mass is 9.88. The summed E-state index contributed by atoms with van der Waals surface area (Å²) >= 11 is 7.69. The van der Waals surface area contributed by atoms with Gasteiger partial charge in [-0.3, -0.25) is 4.90 Å². The van der Waals surface area contributed by atoms with Gasteiger partial charge < -0.3 is 9.64 Å². The van der Waals surface area contributed by atoms with Crippen molar-refractivity contribution in [2.24, 2.45) is 0 Å². The fourth-order valence-corrected chi connectivity index (χ4v) is 6.42. The van der Waals surface area contributed by atoms with Crippen LogP contribution in [-0.2, 0) is 4.74 Å². The molecule has 1 amide bonds. The predicted octanol–water partition coefficient (Wildman–Crippen LogP) is 5.78. The molecule has 0 radical (unpaired) electrons. The number of rotatable bonds is 2. The molecular weight excluding hydrogens is 477 g/mol. The van der Waals surface area contributed by atoms with E-state index in [0.29, 0.717) is 17.1 Å². The van der Waals surface area contributed by atoms with Crippen LogP contribution in [0.5, 0.6) is 0 Å². The Bertz CT molecular complexity index is 1140. The van der Waals surface area contributed by atoms with Gasteiger partial charge in [0.05, 0.1) is 29.2 Å². The number of pyridine rings is 1. The molecule has 2 aromatic rings. The van der Waals surface area contributed by atoms with E-state index >= 15 is 4.39 Å². The molecule has 0 spiro atoms. The number of nitrogens with zero attached hydrogens (tertiary/aromatic N) is 5. The maximum absolute atomic E-state index is 15.2. The van der Waals surface area contributed by atoms with Gasteiger partial charge in [0, 0.05) is 6.54 Å². The Hall–Kier alpha value is -1.87. The number of hydrogen-bond donors (Lipinski definition) is 0. The van der Waals surface area contributed by atoms with Crippen LogP contribution < -0.4 is 4.90 Å². The van der Waals surface area contributed by atoms with Crippen LogP contribution in [0, 0.1) is 5.82 Å². The highest BCUT2D eigenvalue weighted by Gasteiger charge is 2.50. The molecule has 5 rings (SSSR count). The molecule has 3 aliphatic rings. The smallest absolute Gasteiger partial charge is 0.410 e. The van der Waals surface area contributed by atoms with Crippen LogP contribution in [0.1, 0.15) is 71.9 Å². The number of thioether (sulfide) groups is 1. The first-order chi connectivity index (χ1) is 16.1. The molecule has 5 heterocycles. The number of carbonyl (C=O) groups is 1. The molecule has 0 aliphatic carbocycles. The van der Waals surface area contributed by atoms with Gasteiger partial charge in [-0.2, -0.15) is 0 Å². The lowest BCUT2D eigenvalue weighted by molar-refractivity contribution is 0.00694. The summed E-state index contributed by atoms with van der Waals surface area (Å²) in [6, 6.07) is 0.117. The third-order valence-electron chi connectivity index (χ3n) is 7.04. The van der Waals surface area contributed by atoms with Gasteiger partial charge in [-0.05, 0) is 58.1 Å². The number of amides is 1. The highest BCUT2D eigenvalue weighted by Crippen LogP contribution is 2.45. The monoisotopic (exact) mass is 507 g/mol. The maximum Gasteiger partial charge on any atom is 0.410 e. The summed E-state index contributed by atoms with van der Waals surface area (Å²) in [5.74, 6) is 0.956. The highest BCUT2D eigenvalue weighted by atomic mass is 35.5. The Morgan fingerprint density at radius 2 is 1.91 bits per heavy atom. The Balaban J connectivity index is 1.65. The van der Waals surface area contributed by atoms with E-state index in [1.165, 1.54) is 11.8 Å². The second kappa shape index (κ2) is 8.66. The number of halogens is 2. The largest absolute Gasteiger partial charge is 0.444 e. The molecule has 4 atom stereocenters. The lowest BCUT2D eigenvalue weighted by Crippen LogP contribution is -2.62. The maximum atomic E-state index is 15.2. The van der Waals surface area contributed by atoms with Gasteiger partial charge >= 0.3 is 6.09 Å². The SMILES string of the molecule is CCSc1nc2c3c(nc(Cl)c(F)c3n1)[C@@H](C)CC[C@@H]1[C@@H]3CC[C@H](CN21)N3C(=O)OC(C)(C)C. The van der Waals surface area contributed by atoms with Crippen LogP contribution in [0.3, 0.4) is 0 Å². The van der Waals surface area contributed by atoms with Crippen LogP contribution in [-0.4, -0.2) is 62.0 Å². The second-order valence-electron chi connectivity index (χ2n) is 10.5. The molecule has 2 aromatic heterocycles. The lowest BCUT2D eigenvalue weighted by Gasteiger charge is -2.48. The Kier molecular flexibility index (Phi) is 6.07. The molecule has 184 valence electrons. The van der Waals surface area contributed by atoms with E-state index < -0.39 is 11.4 Å². The number of piperazine rings is 1. The first-order valence-corrected chi connectivity index (χ1v) is 13.4. The third kappa shape index (κ3) is 3.98. The Morgan fingerprint density at radius 1 is 1.18 bits per heavy atom.